The van der Waals surface area contributed by atoms with Crippen molar-refractivity contribution in [1.82, 2.24) is 0 Å². The Bertz CT molecular complexity index is 771. The van der Waals surface area contributed by atoms with Crippen LogP contribution >= 0.6 is 0 Å². The maximum absolute atomic E-state index is 12.3. The lowest BCUT2D eigenvalue weighted by Gasteiger charge is -2.08. The van der Waals surface area contributed by atoms with E-state index >= 15 is 0 Å². The van der Waals surface area contributed by atoms with E-state index in [1.54, 1.807) is 43.5 Å². The molecular weight excluding hydrogens is 360 g/mol. The van der Waals surface area contributed by atoms with Crippen molar-refractivity contribution < 1.29 is 28.5 Å². The number of methoxy groups -OCH3 is 1. The Balaban J connectivity index is 1.75. The van der Waals surface area contributed by atoms with Gasteiger partial charge >= 0.3 is 11.9 Å². The van der Waals surface area contributed by atoms with Gasteiger partial charge in [0.2, 0.25) is 0 Å². The van der Waals surface area contributed by atoms with Crippen LogP contribution in [0.3, 0.4) is 0 Å². The number of hydrogen-bond acceptors (Lipinski definition) is 6. The maximum Gasteiger partial charge on any atom is 0.343 e. The largest absolute Gasteiger partial charge is 0.497 e. The minimum atomic E-state index is -0.426. The van der Waals surface area contributed by atoms with Gasteiger partial charge in [0.1, 0.15) is 17.3 Å². The standard InChI is InChI=1S/C22H24O6/c1-3-21(23)27-16-5-4-15-26-19-11-9-17(10-12-19)22(24)28-20-8-6-7-18(25-2)13-14-20/h3,6-7,9-14H,1,4-5,8,15-16H2,2H3. The highest BCUT2D eigenvalue weighted by Gasteiger charge is 2.11. The number of carbonyl (C=O) groups is 2. The number of esters is 2. The molecule has 0 saturated heterocycles. The minimum Gasteiger partial charge on any atom is -0.497 e. The highest BCUT2D eigenvalue weighted by Crippen LogP contribution is 2.17. The van der Waals surface area contributed by atoms with E-state index in [2.05, 4.69) is 6.58 Å². The molecule has 6 nitrogen and oxygen atoms in total. The van der Waals surface area contributed by atoms with Crippen LogP contribution in [0.4, 0.5) is 0 Å². The molecule has 0 heterocycles. The second kappa shape index (κ2) is 11.4. The van der Waals surface area contributed by atoms with Gasteiger partial charge in [0, 0.05) is 12.5 Å². The average molecular weight is 384 g/mol. The Kier molecular flexibility index (Phi) is 8.59. The predicted molar refractivity (Wildman–Crippen MR) is 105 cm³/mol. The predicted octanol–water partition coefficient (Wildman–Crippen LogP) is 4.11. The zero-order chi connectivity index (χ0) is 20.2. The number of unbranched alkanes of at least 4 members (excludes halogenated alkanes) is 1. The second-order valence-corrected chi connectivity index (χ2v) is 5.85. The molecule has 0 saturated carbocycles. The van der Waals surface area contributed by atoms with Crippen LogP contribution in [0.25, 0.3) is 0 Å². The molecule has 1 aromatic carbocycles. The summed E-state index contributed by atoms with van der Waals surface area (Å²) in [4.78, 5) is 23.2. The molecular formula is C22H24O6. The van der Waals surface area contributed by atoms with Gasteiger partial charge in [-0.1, -0.05) is 12.7 Å². The number of benzene rings is 1. The summed E-state index contributed by atoms with van der Waals surface area (Å²) >= 11 is 0. The van der Waals surface area contributed by atoms with Crippen LogP contribution in [-0.2, 0) is 19.0 Å². The monoisotopic (exact) mass is 384 g/mol. The van der Waals surface area contributed by atoms with Crippen molar-refractivity contribution in [3.05, 3.63) is 78.3 Å². The summed E-state index contributed by atoms with van der Waals surface area (Å²) in [6, 6.07) is 6.76. The van der Waals surface area contributed by atoms with Gasteiger partial charge in [0.15, 0.2) is 0 Å². The van der Waals surface area contributed by atoms with Crippen molar-refractivity contribution in [2.24, 2.45) is 0 Å². The fraction of sp³-hybridized carbons (Fsp3) is 0.273. The highest BCUT2D eigenvalue weighted by molar-refractivity contribution is 5.90. The Hall–Kier alpha value is -3.28. The second-order valence-electron chi connectivity index (χ2n) is 5.85. The van der Waals surface area contributed by atoms with Crippen molar-refractivity contribution >= 4 is 11.9 Å². The average Bonchev–Trinajstić information content (AvgIpc) is 2.95. The molecule has 0 unspecified atom stereocenters. The Labute approximate surface area is 164 Å². The van der Waals surface area contributed by atoms with Crippen LogP contribution in [0, 0.1) is 0 Å². The van der Waals surface area contributed by atoms with Gasteiger partial charge in [0.25, 0.3) is 0 Å². The van der Waals surface area contributed by atoms with Crippen LogP contribution in [-0.4, -0.2) is 32.3 Å². The first-order chi connectivity index (χ1) is 13.6. The summed E-state index contributed by atoms with van der Waals surface area (Å²) in [5, 5.41) is 0. The number of hydrogen-bond donors (Lipinski definition) is 0. The fourth-order valence-corrected chi connectivity index (χ4v) is 2.29. The topological polar surface area (TPSA) is 71.1 Å². The number of carbonyl (C=O) groups excluding carboxylic acids is 2. The SMILES string of the molecule is C=CC(=O)OCCCCOc1ccc(C(=O)OC2=CC=C(OC)C=CC2)cc1. The summed E-state index contributed by atoms with van der Waals surface area (Å²) in [6.45, 7) is 4.16. The molecule has 28 heavy (non-hydrogen) atoms. The van der Waals surface area contributed by atoms with Gasteiger partial charge in [-0.25, -0.2) is 9.59 Å². The zero-order valence-corrected chi connectivity index (χ0v) is 15.9. The van der Waals surface area contributed by atoms with Crippen molar-refractivity contribution in [3.63, 3.8) is 0 Å². The Morgan fingerprint density at radius 3 is 2.57 bits per heavy atom. The van der Waals surface area contributed by atoms with Gasteiger partial charge in [-0.2, -0.15) is 0 Å². The first-order valence-electron chi connectivity index (χ1n) is 8.98. The quantitative estimate of drug-likeness (QED) is 0.344. The zero-order valence-electron chi connectivity index (χ0n) is 15.9. The van der Waals surface area contributed by atoms with Gasteiger partial charge in [-0.05, 0) is 55.3 Å². The summed E-state index contributed by atoms with van der Waals surface area (Å²) in [7, 11) is 1.59. The van der Waals surface area contributed by atoms with Crippen LogP contribution in [0.2, 0.25) is 0 Å². The summed E-state index contributed by atoms with van der Waals surface area (Å²) < 4.78 is 21.1. The molecule has 1 aliphatic rings. The number of rotatable bonds is 10. The lowest BCUT2D eigenvalue weighted by molar-refractivity contribution is -0.137. The lowest BCUT2D eigenvalue weighted by Crippen LogP contribution is -2.06. The van der Waals surface area contributed by atoms with Crippen LogP contribution < -0.4 is 4.74 Å². The van der Waals surface area contributed by atoms with Crippen LogP contribution in [0.1, 0.15) is 29.6 Å². The molecule has 0 aromatic heterocycles. The number of allylic oxidation sites excluding steroid dienone is 4. The van der Waals surface area contributed by atoms with Crippen molar-refractivity contribution in [2.45, 2.75) is 19.3 Å². The Morgan fingerprint density at radius 2 is 1.86 bits per heavy atom. The van der Waals surface area contributed by atoms with E-state index < -0.39 is 11.9 Å². The highest BCUT2D eigenvalue weighted by atomic mass is 16.5. The van der Waals surface area contributed by atoms with E-state index in [1.807, 2.05) is 12.2 Å². The molecule has 0 aliphatic heterocycles. The molecule has 0 radical (unpaired) electrons. The van der Waals surface area contributed by atoms with Gasteiger partial charge in [-0.3, -0.25) is 0 Å². The van der Waals surface area contributed by atoms with Gasteiger partial charge < -0.3 is 18.9 Å². The maximum atomic E-state index is 12.3. The van der Waals surface area contributed by atoms with Crippen molar-refractivity contribution in [2.75, 3.05) is 20.3 Å². The van der Waals surface area contributed by atoms with E-state index in [4.69, 9.17) is 18.9 Å². The van der Waals surface area contributed by atoms with Crippen molar-refractivity contribution in [3.8, 4) is 5.75 Å². The number of ether oxygens (including phenoxy) is 4. The third kappa shape index (κ3) is 7.15. The first-order valence-corrected chi connectivity index (χ1v) is 8.98. The molecule has 0 N–H and O–H groups in total. The molecule has 0 atom stereocenters. The fourth-order valence-electron chi connectivity index (χ4n) is 2.29. The van der Waals surface area contributed by atoms with E-state index in [0.29, 0.717) is 48.9 Å². The van der Waals surface area contributed by atoms with E-state index in [-0.39, 0.29) is 0 Å². The summed E-state index contributed by atoms with van der Waals surface area (Å²) in [5.41, 5.74) is 0.439. The van der Waals surface area contributed by atoms with Crippen molar-refractivity contribution in [1.29, 1.82) is 0 Å². The molecule has 0 spiro atoms. The first kappa shape index (κ1) is 21.0. The minimum absolute atomic E-state index is 0.338. The lowest BCUT2D eigenvalue weighted by atomic mass is 10.2. The van der Waals surface area contributed by atoms with Crippen LogP contribution in [0.5, 0.6) is 5.75 Å². The molecule has 0 bridgehead atoms. The van der Waals surface area contributed by atoms with E-state index in [1.165, 1.54) is 0 Å². The van der Waals surface area contributed by atoms with E-state index in [0.717, 1.165) is 12.5 Å². The molecule has 1 aromatic rings. The van der Waals surface area contributed by atoms with E-state index in [9.17, 15) is 9.59 Å². The molecule has 0 amide bonds. The molecule has 148 valence electrons. The van der Waals surface area contributed by atoms with Crippen LogP contribution in [0.15, 0.2) is 72.7 Å². The summed E-state index contributed by atoms with van der Waals surface area (Å²) in [5.74, 6) is 1.06. The molecule has 6 heteroatoms. The van der Waals surface area contributed by atoms with Gasteiger partial charge in [-0.15, -0.1) is 0 Å². The summed E-state index contributed by atoms with van der Waals surface area (Å²) in [6.07, 6.45) is 10.3. The third-order valence-corrected chi connectivity index (χ3v) is 3.80. The normalized spacial score (nSPS) is 12.9. The third-order valence-electron chi connectivity index (χ3n) is 3.80. The Morgan fingerprint density at radius 1 is 1.11 bits per heavy atom. The molecule has 0 fully saturated rings. The smallest absolute Gasteiger partial charge is 0.343 e. The molecule has 1 aliphatic carbocycles. The molecule has 2 rings (SSSR count). The van der Waals surface area contributed by atoms with Gasteiger partial charge in [0.05, 0.1) is 25.9 Å².